The van der Waals surface area contributed by atoms with E-state index in [9.17, 15) is 0 Å². The number of anilines is 1. The molecule has 0 heterocycles. The molecule has 0 bridgehead atoms. The van der Waals surface area contributed by atoms with Gasteiger partial charge in [-0.15, -0.1) is 0 Å². The van der Waals surface area contributed by atoms with Crippen molar-refractivity contribution in [2.24, 2.45) is 5.41 Å². The molecule has 1 rings (SSSR count). The smallest absolute Gasteiger partial charge is 0.0766 e. The molecule has 1 aromatic rings. The highest BCUT2D eigenvalue weighted by molar-refractivity contribution is 5.45. The van der Waals surface area contributed by atoms with Crippen LogP contribution < -0.4 is 5.32 Å². The van der Waals surface area contributed by atoms with Gasteiger partial charge in [-0.2, -0.15) is 0 Å². The SMILES string of the molecule is CCCc1ccc(NCC#CC(C)(C)C)cc1. The highest BCUT2D eigenvalue weighted by atomic mass is 14.8. The summed E-state index contributed by atoms with van der Waals surface area (Å²) in [6.45, 7) is 9.29. The highest BCUT2D eigenvalue weighted by Crippen LogP contribution is 2.11. The van der Waals surface area contributed by atoms with Crippen molar-refractivity contribution in [3.8, 4) is 11.8 Å². The topological polar surface area (TPSA) is 12.0 Å². The first-order valence-corrected chi connectivity index (χ1v) is 6.34. The van der Waals surface area contributed by atoms with Gasteiger partial charge in [0.05, 0.1) is 6.54 Å². The van der Waals surface area contributed by atoms with Crippen LogP contribution >= 0.6 is 0 Å². The Labute approximate surface area is 106 Å². The molecule has 1 heteroatoms. The molecule has 0 spiro atoms. The molecule has 92 valence electrons. The van der Waals surface area contributed by atoms with Gasteiger partial charge in [-0.05, 0) is 44.9 Å². The third-order valence-electron chi connectivity index (χ3n) is 2.34. The minimum Gasteiger partial charge on any atom is -0.374 e. The molecule has 1 nitrogen and oxygen atoms in total. The summed E-state index contributed by atoms with van der Waals surface area (Å²) >= 11 is 0. The number of hydrogen-bond donors (Lipinski definition) is 1. The Bertz CT molecular complexity index is 384. The van der Waals surface area contributed by atoms with Crippen molar-refractivity contribution in [2.45, 2.75) is 40.5 Å². The first kappa shape index (κ1) is 13.6. The molecular formula is C16H23N. The van der Waals surface area contributed by atoms with Crippen LogP contribution in [0.3, 0.4) is 0 Å². The predicted octanol–water partition coefficient (Wildman–Crippen LogP) is 4.10. The van der Waals surface area contributed by atoms with Crippen LogP contribution in [0.25, 0.3) is 0 Å². The van der Waals surface area contributed by atoms with E-state index in [1.165, 1.54) is 12.0 Å². The van der Waals surface area contributed by atoms with Gasteiger partial charge in [0.15, 0.2) is 0 Å². The molecular weight excluding hydrogens is 206 g/mol. The van der Waals surface area contributed by atoms with Crippen LogP contribution in [0.2, 0.25) is 0 Å². The normalized spacial score (nSPS) is 10.6. The van der Waals surface area contributed by atoms with Crippen LogP contribution in [0.4, 0.5) is 5.69 Å². The summed E-state index contributed by atoms with van der Waals surface area (Å²) in [4.78, 5) is 0. The minimum absolute atomic E-state index is 0.0899. The van der Waals surface area contributed by atoms with Gasteiger partial charge in [-0.25, -0.2) is 0 Å². The standard InChI is InChI=1S/C16H23N/c1-5-7-14-8-10-15(11-9-14)17-13-6-12-16(2,3)4/h8-11,17H,5,7,13H2,1-4H3. The average Bonchev–Trinajstić information content (AvgIpc) is 2.26. The third kappa shape index (κ3) is 6.02. The van der Waals surface area contributed by atoms with Gasteiger partial charge in [0.1, 0.15) is 0 Å². The van der Waals surface area contributed by atoms with Gasteiger partial charge in [-0.1, -0.05) is 37.3 Å². The van der Waals surface area contributed by atoms with Crippen LogP contribution in [-0.2, 0) is 6.42 Å². The lowest BCUT2D eigenvalue weighted by Crippen LogP contribution is -2.03. The Morgan fingerprint density at radius 2 is 1.76 bits per heavy atom. The van der Waals surface area contributed by atoms with Crippen LogP contribution in [0.1, 0.15) is 39.7 Å². The molecule has 0 radical (unpaired) electrons. The lowest BCUT2D eigenvalue weighted by atomic mass is 9.98. The molecule has 0 aliphatic carbocycles. The monoisotopic (exact) mass is 229 g/mol. The summed E-state index contributed by atoms with van der Waals surface area (Å²) < 4.78 is 0. The highest BCUT2D eigenvalue weighted by Gasteiger charge is 2.02. The van der Waals surface area contributed by atoms with E-state index in [0.717, 1.165) is 12.1 Å². The molecule has 1 aromatic carbocycles. The van der Waals surface area contributed by atoms with E-state index in [1.807, 2.05) is 0 Å². The second-order valence-electron chi connectivity index (χ2n) is 5.35. The Morgan fingerprint density at radius 1 is 1.12 bits per heavy atom. The van der Waals surface area contributed by atoms with Gasteiger partial charge in [-0.3, -0.25) is 0 Å². The molecule has 0 unspecified atom stereocenters. The third-order valence-corrected chi connectivity index (χ3v) is 2.34. The molecule has 1 N–H and O–H groups in total. The van der Waals surface area contributed by atoms with E-state index in [0.29, 0.717) is 6.54 Å². The van der Waals surface area contributed by atoms with E-state index in [-0.39, 0.29) is 5.41 Å². The number of nitrogens with one attached hydrogen (secondary N) is 1. The molecule has 0 fully saturated rings. The first-order valence-electron chi connectivity index (χ1n) is 6.34. The van der Waals surface area contributed by atoms with Crippen molar-refractivity contribution >= 4 is 5.69 Å². The number of hydrogen-bond acceptors (Lipinski definition) is 1. The first-order chi connectivity index (χ1) is 8.01. The quantitative estimate of drug-likeness (QED) is 0.766. The Hall–Kier alpha value is -1.42. The summed E-state index contributed by atoms with van der Waals surface area (Å²) in [6.07, 6.45) is 2.36. The minimum atomic E-state index is 0.0899. The second-order valence-corrected chi connectivity index (χ2v) is 5.35. The summed E-state index contributed by atoms with van der Waals surface area (Å²) in [7, 11) is 0. The maximum absolute atomic E-state index is 3.31. The number of rotatable bonds is 4. The van der Waals surface area contributed by atoms with E-state index in [4.69, 9.17) is 0 Å². The van der Waals surface area contributed by atoms with Crippen molar-refractivity contribution in [3.05, 3.63) is 29.8 Å². The molecule has 0 aliphatic rings. The zero-order valence-electron chi connectivity index (χ0n) is 11.4. The summed E-state index contributed by atoms with van der Waals surface area (Å²) in [6, 6.07) is 8.62. The van der Waals surface area contributed by atoms with Gasteiger partial charge in [0.2, 0.25) is 0 Å². The zero-order chi connectivity index (χ0) is 12.7. The molecule has 0 amide bonds. The zero-order valence-corrected chi connectivity index (χ0v) is 11.4. The Morgan fingerprint density at radius 3 is 2.29 bits per heavy atom. The number of benzene rings is 1. The van der Waals surface area contributed by atoms with Gasteiger partial charge < -0.3 is 5.32 Å². The van der Waals surface area contributed by atoms with Crippen molar-refractivity contribution in [1.29, 1.82) is 0 Å². The molecule has 0 saturated carbocycles. The maximum atomic E-state index is 3.31. The second kappa shape index (κ2) is 6.35. The van der Waals surface area contributed by atoms with Crippen molar-refractivity contribution < 1.29 is 0 Å². The van der Waals surface area contributed by atoms with Crippen molar-refractivity contribution in [3.63, 3.8) is 0 Å². The number of aryl methyl sites for hydroxylation is 1. The summed E-state index contributed by atoms with van der Waals surface area (Å²) in [5, 5.41) is 3.31. The lowest BCUT2D eigenvalue weighted by Gasteiger charge is -2.07. The van der Waals surface area contributed by atoms with E-state index in [2.05, 4.69) is 69.1 Å². The fourth-order valence-corrected chi connectivity index (χ4v) is 1.53. The summed E-state index contributed by atoms with van der Waals surface area (Å²) in [5.74, 6) is 6.36. The Balaban J connectivity index is 2.44. The predicted molar refractivity (Wildman–Crippen MR) is 76.2 cm³/mol. The van der Waals surface area contributed by atoms with Crippen molar-refractivity contribution in [2.75, 3.05) is 11.9 Å². The fraction of sp³-hybridized carbons (Fsp3) is 0.500. The summed E-state index contributed by atoms with van der Waals surface area (Å²) in [5.41, 5.74) is 2.64. The van der Waals surface area contributed by atoms with E-state index < -0.39 is 0 Å². The van der Waals surface area contributed by atoms with Crippen LogP contribution in [0.5, 0.6) is 0 Å². The van der Waals surface area contributed by atoms with Crippen LogP contribution in [0, 0.1) is 17.3 Å². The Kier molecular flexibility index (Phi) is 5.10. The van der Waals surface area contributed by atoms with Gasteiger partial charge >= 0.3 is 0 Å². The van der Waals surface area contributed by atoms with Crippen LogP contribution in [0.15, 0.2) is 24.3 Å². The maximum Gasteiger partial charge on any atom is 0.0766 e. The van der Waals surface area contributed by atoms with Gasteiger partial charge in [0.25, 0.3) is 0 Å². The lowest BCUT2D eigenvalue weighted by molar-refractivity contribution is 0.570. The fourth-order valence-electron chi connectivity index (χ4n) is 1.53. The molecule has 0 saturated heterocycles. The molecule has 17 heavy (non-hydrogen) atoms. The van der Waals surface area contributed by atoms with E-state index >= 15 is 0 Å². The van der Waals surface area contributed by atoms with Crippen LogP contribution in [-0.4, -0.2) is 6.54 Å². The van der Waals surface area contributed by atoms with Gasteiger partial charge in [0, 0.05) is 11.1 Å². The molecule has 0 atom stereocenters. The molecule has 0 aliphatic heterocycles. The average molecular weight is 229 g/mol. The van der Waals surface area contributed by atoms with Crippen molar-refractivity contribution in [1.82, 2.24) is 0 Å². The molecule has 0 aromatic heterocycles. The largest absolute Gasteiger partial charge is 0.374 e. The van der Waals surface area contributed by atoms with E-state index in [1.54, 1.807) is 0 Å².